The number of rotatable bonds is 0. The van der Waals surface area contributed by atoms with Crippen LogP contribution in [0.5, 0.6) is 0 Å². The van der Waals surface area contributed by atoms with Crippen molar-refractivity contribution >= 4 is 18.2 Å². The molecular formula is C12H37N3O3. The van der Waals surface area contributed by atoms with Crippen molar-refractivity contribution in [3.8, 4) is 0 Å². The van der Waals surface area contributed by atoms with Crippen molar-refractivity contribution in [3.63, 3.8) is 0 Å². The summed E-state index contributed by atoms with van der Waals surface area (Å²) in [6, 6.07) is 0. The number of aliphatic imine (C=N–C) groups is 1. The molecule has 0 rings (SSSR count). The summed E-state index contributed by atoms with van der Waals surface area (Å²) >= 11 is 0. The van der Waals surface area contributed by atoms with E-state index >= 15 is 0 Å². The third-order valence-electron chi connectivity index (χ3n) is 0.0913. The number of nitrogens with zero attached hydrogens (tertiary/aromatic N) is 1. The molecule has 0 aliphatic rings. The maximum absolute atomic E-state index is 8.88. The highest BCUT2D eigenvalue weighted by Crippen LogP contribution is 1.28. The molecule has 6 nitrogen and oxygen atoms in total. The van der Waals surface area contributed by atoms with Gasteiger partial charge in [0.2, 0.25) is 18.2 Å². The molecule has 0 fully saturated rings. The van der Waals surface area contributed by atoms with Crippen LogP contribution in [0, 0.1) is 10.8 Å². The predicted octanol–water partition coefficient (Wildman–Crippen LogP) is 4.84. The molecule has 0 saturated heterocycles. The molecule has 0 radical (unpaired) electrons. The van der Waals surface area contributed by atoms with Gasteiger partial charge in [-0.25, -0.2) is 30.2 Å². The lowest BCUT2D eigenvalue weighted by Crippen LogP contribution is -1.38. The number of carbonyl (C=O) groups excluding carboxylic acids is 3. The van der Waals surface area contributed by atoms with Crippen LogP contribution in [0.2, 0.25) is 0 Å². The van der Waals surface area contributed by atoms with Gasteiger partial charge in [-0.1, -0.05) is 59.4 Å². The first-order valence-corrected chi connectivity index (χ1v) is 1.78. The highest BCUT2D eigenvalue weighted by Gasteiger charge is 1.29. The Morgan fingerprint density at radius 3 is 0.722 bits per heavy atom. The Hall–Kier alpha value is -1.86. The highest BCUT2D eigenvalue weighted by molar-refractivity contribution is 5.32. The fraction of sp³-hybridized carbons (Fsp3) is 0.750. The third kappa shape index (κ3) is 3300. The summed E-state index contributed by atoms with van der Waals surface area (Å²) in [6.45, 7) is 0. The van der Waals surface area contributed by atoms with E-state index in [1.54, 1.807) is 0 Å². The fourth-order valence-corrected chi connectivity index (χ4v) is 0. The number of isocyanates is 3. The van der Waals surface area contributed by atoms with E-state index in [0.29, 0.717) is 0 Å². The van der Waals surface area contributed by atoms with E-state index in [-0.39, 0.29) is 59.4 Å². The lowest BCUT2D eigenvalue weighted by molar-refractivity contribution is 0.562. The van der Waals surface area contributed by atoms with Gasteiger partial charge in [0.05, 0.1) is 0 Å². The van der Waals surface area contributed by atoms with Gasteiger partial charge in [0.15, 0.2) is 0 Å². The SMILES string of the molecule is C.C.C.C.C.C.C.C.CN=C=O.N=C=O.N=C=O. The van der Waals surface area contributed by atoms with Crippen LogP contribution in [-0.2, 0) is 14.4 Å². The third-order valence-corrected chi connectivity index (χ3v) is 0.0913. The minimum absolute atomic E-state index is 0. The zero-order chi connectivity index (χ0) is 8.83. The minimum Gasteiger partial charge on any atom is -0.222 e. The van der Waals surface area contributed by atoms with E-state index in [9.17, 15) is 0 Å². The van der Waals surface area contributed by atoms with Crippen molar-refractivity contribution in [2.24, 2.45) is 4.99 Å². The zero-order valence-corrected chi connectivity index (χ0v) is 5.17. The Morgan fingerprint density at radius 2 is 0.722 bits per heavy atom. The zero-order valence-electron chi connectivity index (χ0n) is 5.17. The topological polar surface area (TPSA) is 111 Å². The molecule has 0 aromatic carbocycles. The summed E-state index contributed by atoms with van der Waals surface area (Å²) in [5, 5.41) is 10.8. The molecule has 0 saturated carbocycles. The Morgan fingerprint density at radius 1 is 0.667 bits per heavy atom. The van der Waals surface area contributed by atoms with Crippen molar-refractivity contribution in [3.05, 3.63) is 0 Å². The van der Waals surface area contributed by atoms with Crippen LogP contribution in [0.25, 0.3) is 0 Å². The highest BCUT2D eigenvalue weighted by atomic mass is 16.1. The molecule has 0 amide bonds. The molecule has 0 aromatic rings. The smallest absolute Gasteiger partial charge is 0.222 e. The summed E-state index contributed by atoms with van der Waals surface area (Å²) in [5.74, 6) is 0. The van der Waals surface area contributed by atoms with Gasteiger partial charge < -0.3 is 0 Å². The summed E-state index contributed by atoms with van der Waals surface area (Å²) in [7, 11) is 1.38. The van der Waals surface area contributed by atoms with Crippen LogP contribution < -0.4 is 0 Å². The van der Waals surface area contributed by atoms with E-state index in [1.165, 1.54) is 13.1 Å². The standard InChI is InChI=1S/C2H3NO.2CHNO.8CH4/c1-3-2-4;2*2-1-3;;;;;;;;/h1H3;2*2H;8*1H4. The molecular weight excluding hydrogens is 234 g/mol. The Kier molecular flexibility index (Phi) is 5140. The van der Waals surface area contributed by atoms with Crippen molar-refractivity contribution in [2.75, 3.05) is 7.05 Å². The van der Waals surface area contributed by atoms with E-state index in [0.717, 1.165) is 12.2 Å². The molecule has 18 heavy (non-hydrogen) atoms. The fourth-order valence-electron chi connectivity index (χ4n) is 0. The number of hydrogen-bond acceptors (Lipinski definition) is 6. The molecule has 0 heterocycles. The van der Waals surface area contributed by atoms with Gasteiger partial charge in [-0.2, -0.15) is 0 Å². The Bertz CT molecular complexity index is 153. The average Bonchev–Trinajstić information content (AvgIpc) is 1.91. The lowest BCUT2D eigenvalue weighted by Gasteiger charge is -1.36. The van der Waals surface area contributed by atoms with E-state index < -0.39 is 0 Å². The van der Waals surface area contributed by atoms with Gasteiger partial charge in [-0.15, -0.1) is 0 Å². The normalized spacial score (nSPS) is 1.83. The van der Waals surface area contributed by atoms with Crippen molar-refractivity contribution < 1.29 is 14.4 Å². The van der Waals surface area contributed by atoms with Crippen LogP contribution in [0.3, 0.4) is 0 Å². The van der Waals surface area contributed by atoms with Crippen LogP contribution in [-0.4, -0.2) is 25.3 Å². The minimum atomic E-state index is 0. The first kappa shape index (κ1) is 140. The average molecular weight is 271 g/mol. The lowest BCUT2D eigenvalue weighted by atomic mass is 11.4. The van der Waals surface area contributed by atoms with E-state index in [1.807, 2.05) is 0 Å². The maximum atomic E-state index is 8.88. The summed E-state index contributed by atoms with van der Waals surface area (Å²) in [4.78, 5) is 28.5. The van der Waals surface area contributed by atoms with Gasteiger partial charge in [-0.3, -0.25) is 0 Å². The molecule has 0 spiro atoms. The van der Waals surface area contributed by atoms with Crippen molar-refractivity contribution in [1.82, 2.24) is 0 Å². The van der Waals surface area contributed by atoms with Crippen LogP contribution >= 0.6 is 0 Å². The number of hydrogen-bond donors (Lipinski definition) is 2. The first-order chi connectivity index (χ1) is 4.74. The second-order valence-electron chi connectivity index (χ2n) is 0.519. The van der Waals surface area contributed by atoms with E-state index in [4.69, 9.17) is 25.2 Å². The summed E-state index contributed by atoms with van der Waals surface area (Å²) in [6.07, 6.45) is 2.81. The van der Waals surface area contributed by atoms with Gasteiger partial charge >= 0.3 is 0 Å². The molecule has 6 heteroatoms. The van der Waals surface area contributed by atoms with Crippen LogP contribution in [0.1, 0.15) is 59.4 Å². The summed E-state index contributed by atoms with van der Waals surface area (Å²) < 4.78 is 0. The molecule has 0 atom stereocenters. The largest absolute Gasteiger partial charge is 0.234 e. The number of nitrogens with one attached hydrogen (secondary N) is 2. The molecule has 118 valence electrons. The molecule has 0 aromatic heterocycles. The molecule has 0 aliphatic carbocycles. The van der Waals surface area contributed by atoms with Crippen LogP contribution in [0.4, 0.5) is 0 Å². The summed E-state index contributed by atoms with van der Waals surface area (Å²) in [5.41, 5.74) is 0. The molecule has 0 unspecified atom stereocenters. The van der Waals surface area contributed by atoms with Crippen molar-refractivity contribution in [1.29, 1.82) is 10.8 Å². The van der Waals surface area contributed by atoms with Crippen molar-refractivity contribution in [2.45, 2.75) is 59.4 Å². The quantitative estimate of drug-likeness (QED) is 0.485. The Balaban J connectivity index is -0.00000000374. The van der Waals surface area contributed by atoms with Gasteiger partial charge in [-0.05, 0) is 0 Å². The maximum Gasteiger partial charge on any atom is 0.234 e. The van der Waals surface area contributed by atoms with Crippen LogP contribution in [0.15, 0.2) is 4.99 Å². The monoisotopic (exact) mass is 271 g/mol. The molecule has 0 aliphatic heterocycles. The Labute approximate surface area is 116 Å². The van der Waals surface area contributed by atoms with Gasteiger partial charge in [0.25, 0.3) is 0 Å². The predicted molar refractivity (Wildman–Crippen MR) is 84.7 cm³/mol. The van der Waals surface area contributed by atoms with Gasteiger partial charge in [0.1, 0.15) is 0 Å². The molecule has 2 N–H and O–H groups in total. The van der Waals surface area contributed by atoms with E-state index in [2.05, 4.69) is 4.99 Å². The second-order valence-corrected chi connectivity index (χ2v) is 0.519. The van der Waals surface area contributed by atoms with Gasteiger partial charge in [0, 0.05) is 7.05 Å². The second kappa shape index (κ2) is 661. The first-order valence-electron chi connectivity index (χ1n) is 1.78. The molecule has 0 bridgehead atoms.